The fourth-order valence-corrected chi connectivity index (χ4v) is 3.69. The van der Waals surface area contributed by atoms with E-state index >= 15 is 0 Å². The van der Waals surface area contributed by atoms with Crippen LogP contribution in [0.15, 0.2) is 0 Å². The van der Waals surface area contributed by atoms with Crippen molar-refractivity contribution in [2.45, 2.75) is 77.8 Å². The molecule has 0 spiro atoms. The summed E-state index contributed by atoms with van der Waals surface area (Å²) in [7, 11) is 0. The van der Waals surface area contributed by atoms with Crippen molar-refractivity contribution < 1.29 is 0 Å². The van der Waals surface area contributed by atoms with E-state index in [4.69, 9.17) is 0 Å². The van der Waals surface area contributed by atoms with Gasteiger partial charge in [0.1, 0.15) is 0 Å². The van der Waals surface area contributed by atoms with Crippen molar-refractivity contribution in [3.05, 3.63) is 0 Å². The molecule has 2 aliphatic rings. The van der Waals surface area contributed by atoms with E-state index in [0.717, 1.165) is 12.1 Å². The van der Waals surface area contributed by atoms with Crippen LogP contribution in [0.5, 0.6) is 0 Å². The molecule has 2 heteroatoms. The van der Waals surface area contributed by atoms with Gasteiger partial charge in [0.05, 0.1) is 0 Å². The zero-order valence-electron chi connectivity index (χ0n) is 12.7. The van der Waals surface area contributed by atoms with E-state index in [1.54, 1.807) is 0 Å². The van der Waals surface area contributed by atoms with E-state index in [9.17, 15) is 0 Å². The number of hydrogen-bond donors (Lipinski definition) is 1. The Balaban J connectivity index is 1.56. The van der Waals surface area contributed by atoms with Crippen LogP contribution < -0.4 is 5.32 Å². The zero-order chi connectivity index (χ0) is 13.0. The van der Waals surface area contributed by atoms with Gasteiger partial charge < -0.3 is 10.2 Å². The molecule has 1 aliphatic heterocycles. The first-order chi connectivity index (χ1) is 8.57. The van der Waals surface area contributed by atoms with Crippen LogP contribution in [0.1, 0.15) is 65.7 Å². The van der Waals surface area contributed by atoms with Crippen molar-refractivity contribution in [3.63, 3.8) is 0 Å². The molecule has 2 nitrogen and oxygen atoms in total. The maximum absolute atomic E-state index is 3.76. The lowest BCUT2D eigenvalue weighted by Gasteiger charge is -2.33. The summed E-state index contributed by atoms with van der Waals surface area (Å²) in [4.78, 5) is 2.68. The van der Waals surface area contributed by atoms with Gasteiger partial charge in [-0.2, -0.15) is 0 Å². The van der Waals surface area contributed by atoms with Gasteiger partial charge in [-0.3, -0.25) is 0 Å². The molecule has 18 heavy (non-hydrogen) atoms. The van der Waals surface area contributed by atoms with E-state index < -0.39 is 0 Å². The normalized spacial score (nSPS) is 32.8. The van der Waals surface area contributed by atoms with Gasteiger partial charge in [-0.25, -0.2) is 0 Å². The van der Waals surface area contributed by atoms with Crippen molar-refractivity contribution >= 4 is 0 Å². The van der Waals surface area contributed by atoms with Gasteiger partial charge in [-0.05, 0) is 70.5 Å². The topological polar surface area (TPSA) is 15.3 Å². The van der Waals surface area contributed by atoms with Gasteiger partial charge >= 0.3 is 0 Å². The second-order valence-electron chi connectivity index (χ2n) is 7.29. The molecule has 1 N–H and O–H groups in total. The monoisotopic (exact) mass is 252 g/mol. The number of nitrogens with zero attached hydrogens (tertiary/aromatic N) is 1. The molecular formula is C16H32N2. The van der Waals surface area contributed by atoms with E-state index in [2.05, 4.69) is 31.0 Å². The first-order valence-corrected chi connectivity index (χ1v) is 8.04. The molecule has 0 aromatic carbocycles. The van der Waals surface area contributed by atoms with Crippen LogP contribution in [-0.2, 0) is 0 Å². The van der Waals surface area contributed by atoms with Crippen molar-refractivity contribution in [3.8, 4) is 0 Å². The Morgan fingerprint density at radius 2 is 2.06 bits per heavy atom. The molecule has 2 rings (SSSR count). The number of hydrogen-bond acceptors (Lipinski definition) is 2. The molecule has 1 saturated heterocycles. The largest absolute Gasteiger partial charge is 0.314 e. The summed E-state index contributed by atoms with van der Waals surface area (Å²) < 4.78 is 0. The Bertz CT molecular complexity index is 249. The van der Waals surface area contributed by atoms with E-state index in [0.29, 0.717) is 5.41 Å². The third-order valence-corrected chi connectivity index (χ3v) is 4.96. The van der Waals surface area contributed by atoms with Gasteiger partial charge in [-0.1, -0.05) is 20.3 Å². The third kappa shape index (κ3) is 4.24. The SMILES string of the molecule is CC1CCCCN1CCCNC1CCC(C)(C)C1. The minimum Gasteiger partial charge on any atom is -0.314 e. The van der Waals surface area contributed by atoms with Crippen LogP contribution in [0.3, 0.4) is 0 Å². The molecule has 0 bridgehead atoms. The van der Waals surface area contributed by atoms with E-state index in [-0.39, 0.29) is 0 Å². The predicted molar refractivity (Wildman–Crippen MR) is 78.9 cm³/mol. The van der Waals surface area contributed by atoms with Crippen molar-refractivity contribution in [2.75, 3.05) is 19.6 Å². The highest BCUT2D eigenvalue weighted by Gasteiger charge is 2.30. The highest BCUT2D eigenvalue weighted by atomic mass is 15.2. The summed E-state index contributed by atoms with van der Waals surface area (Å²) in [5, 5.41) is 3.76. The Morgan fingerprint density at radius 1 is 1.22 bits per heavy atom. The quantitative estimate of drug-likeness (QED) is 0.754. The van der Waals surface area contributed by atoms with E-state index in [1.807, 2.05) is 0 Å². The third-order valence-electron chi connectivity index (χ3n) is 4.96. The minimum atomic E-state index is 0.582. The summed E-state index contributed by atoms with van der Waals surface area (Å²) in [5.41, 5.74) is 0.582. The molecular weight excluding hydrogens is 220 g/mol. The highest BCUT2D eigenvalue weighted by Crippen LogP contribution is 2.36. The molecule has 1 saturated carbocycles. The lowest BCUT2D eigenvalue weighted by molar-refractivity contribution is 0.158. The van der Waals surface area contributed by atoms with Crippen LogP contribution in [0.2, 0.25) is 0 Å². The Morgan fingerprint density at radius 3 is 2.72 bits per heavy atom. The van der Waals surface area contributed by atoms with Gasteiger partial charge in [0, 0.05) is 12.1 Å². The van der Waals surface area contributed by atoms with E-state index in [1.165, 1.54) is 64.6 Å². The Labute approximate surface area is 114 Å². The maximum Gasteiger partial charge on any atom is 0.00723 e. The smallest absolute Gasteiger partial charge is 0.00723 e. The molecule has 1 heterocycles. The van der Waals surface area contributed by atoms with Crippen LogP contribution in [0.4, 0.5) is 0 Å². The second-order valence-corrected chi connectivity index (χ2v) is 7.29. The minimum absolute atomic E-state index is 0.582. The van der Waals surface area contributed by atoms with Crippen molar-refractivity contribution in [1.29, 1.82) is 0 Å². The first-order valence-electron chi connectivity index (χ1n) is 8.04. The molecule has 1 aliphatic carbocycles. The summed E-state index contributed by atoms with van der Waals surface area (Å²) in [6, 6.07) is 1.61. The highest BCUT2D eigenvalue weighted by molar-refractivity contribution is 4.86. The molecule has 0 radical (unpaired) electrons. The summed E-state index contributed by atoms with van der Waals surface area (Å²) in [5.74, 6) is 0. The number of rotatable bonds is 5. The van der Waals surface area contributed by atoms with Crippen LogP contribution in [-0.4, -0.2) is 36.6 Å². The lowest BCUT2D eigenvalue weighted by atomic mass is 9.92. The molecule has 2 atom stereocenters. The number of likely N-dealkylation sites (tertiary alicyclic amines) is 1. The molecule has 2 unspecified atom stereocenters. The average Bonchev–Trinajstić information content (AvgIpc) is 2.67. The summed E-state index contributed by atoms with van der Waals surface area (Å²) in [6.45, 7) is 11.0. The fourth-order valence-electron chi connectivity index (χ4n) is 3.69. The van der Waals surface area contributed by atoms with Crippen molar-refractivity contribution in [1.82, 2.24) is 10.2 Å². The lowest BCUT2D eigenvalue weighted by Crippen LogP contribution is -2.39. The second kappa shape index (κ2) is 6.38. The summed E-state index contributed by atoms with van der Waals surface area (Å²) >= 11 is 0. The molecule has 106 valence electrons. The first kappa shape index (κ1) is 14.3. The Hall–Kier alpha value is -0.0800. The average molecular weight is 252 g/mol. The predicted octanol–water partition coefficient (Wildman–Crippen LogP) is 3.42. The summed E-state index contributed by atoms with van der Waals surface area (Å²) in [6.07, 6.45) is 9.72. The van der Waals surface area contributed by atoms with Gasteiger partial charge in [0.25, 0.3) is 0 Å². The van der Waals surface area contributed by atoms with Crippen LogP contribution in [0.25, 0.3) is 0 Å². The molecule has 0 amide bonds. The van der Waals surface area contributed by atoms with Gasteiger partial charge in [0.2, 0.25) is 0 Å². The van der Waals surface area contributed by atoms with Crippen LogP contribution in [0, 0.1) is 5.41 Å². The van der Waals surface area contributed by atoms with Gasteiger partial charge in [0.15, 0.2) is 0 Å². The fraction of sp³-hybridized carbons (Fsp3) is 1.00. The number of nitrogens with one attached hydrogen (secondary N) is 1. The number of piperidine rings is 1. The van der Waals surface area contributed by atoms with Gasteiger partial charge in [-0.15, -0.1) is 0 Å². The maximum atomic E-state index is 3.76. The molecule has 0 aromatic heterocycles. The molecule has 2 fully saturated rings. The Kier molecular flexibility index (Phi) is 5.08. The van der Waals surface area contributed by atoms with Crippen molar-refractivity contribution in [2.24, 2.45) is 5.41 Å². The zero-order valence-corrected chi connectivity index (χ0v) is 12.7. The standard InChI is InChI=1S/C16H32N2/c1-14-7-4-5-11-18(14)12-6-10-17-15-8-9-16(2,3)13-15/h14-15,17H,4-13H2,1-3H3. The van der Waals surface area contributed by atoms with Crippen LogP contribution >= 0.6 is 0 Å². The molecule has 0 aromatic rings.